The second kappa shape index (κ2) is 7.07. The van der Waals surface area contributed by atoms with Gasteiger partial charge in [0.2, 0.25) is 0 Å². The number of nitrogens with zero attached hydrogens (tertiary/aromatic N) is 1. The average molecular weight is 270 g/mol. The molecule has 0 amide bonds. The van der Waals surface area contributed by atoms with Crippen LogP contribution < -0.4 is 16.6 Å². The zero-order valence-corrected chi connectivity index (χ0v) is 11.3. The van der Waals surface area contributed by atoms with Gasteiger partial charge in [-0.1, -0.05) is 13.0 Å². The molecule has 1 unspecified atom stereocenters. The van der Waals surface area contributed by atoms with E-state index in [2.05, 4.69) is 17.7 Å². The lowest BCUT2D eigenvalue weighted by Crippen LogP contribution is -2.12. The van der Waals surface area contributed by atoms with Gasteiger partial charge in [0.25, 0.3) is 0 Å². The monoisotopic (exact) mass is 270 g/mol. The first-order chi connectivity index (χ1) is 8.60. The molecule has 1 atom stereocenters. The number of hydrogen-bond acceptors (Lipinski definition) is 6. The zero-order valence-electron chi connectivity index (χ0n) is 10.5. The molecule has 1 rings (SSSR count). The van der Waals surface area contributed by atoms with Gasteiger partial charge in [-0.05, 0) is 24.8 Å². The first-order valence-electron chi connectivity index (χ1n) is 5.60. The third-order valence-electron chi connectivity index (χ3n) is 2.64. The van der Waals surface area contributed by atoms with E-state index in [1.165, 1.54) is 0 Å². The molecule has 100 valence electrons. The molecule has 0 aromatic heterocycles. The van der Waals surface area contributed by atoms with E-state index in [1.807, 2.05) is 6.26 Å². The van der Waals surface area contributed by atoms with Crippen LogP contribution >= 0.6 is 11.8 Å². The van der Waals surface area contributed by atoms with Crippen LogP contribution in [-0.2, 0) is 0 Å². The number of benzene rings is 1. The molecule has 18 heavy (non-hydrogen) atoms. The van der Waals surface area contributed by atoms with Gasteiger partial charge in [0.15, 0.2) is 0 Å². The molecule has 1 aromatic carbocycles. The zero-order chi connectivity index (χ0) is 13.5. The van der Waals surface area contributed by atoms with E-state index in [1.54, 1.807) is 30.0 Å². The van der Waals surface area contributed by atoms with Crippen molar-refractivity contribution in [3.8, 4) is 0 Å². The van der Waals surface area contributed by atoms with Crippen molar-refractivity contribution in [3.63, 3.8) is 0 Å². The second-order valence-corrected chi connectivity index (χ2v) is 5.14. The Kier molecular flexibility index (Phi) is 5.73. The van der Waals surface area contributed by atoms with Gasteiger partial charge in [-0.3, -0.25) is 16.0 Å². The Balaban J connectivity index is 2.78. The molecule has 0 aliphatic heterocycles. The number of thioether (sulfide) groups is 1. The molecule has 1 aromatic rings. The lowest BCUT2D eigenvalue weighted by atomic mass is 10.2. The summed E-state index contributed by atoms with van der Waals surface area (Å²) in [5.74, 6) is 5.27. The van der Waals surface area contributed by atoms with Gasteiger partial charge >= 0.3 is 5.69 Å². The number of nitro benzene ring substituents is 1. The van der Waals surface area contributed by atoms with Crippen molar-refractivity contribution in [3.05, 3.63) is 28.3 Å². The van der Waals surface area contributed by atoms with Crippen LogP contribution in [0.15, 0.2) is 18.2 Å². The summed E-state index contributed by atoms with van der Waals surface area (Å²) < 4.78 is 0. The average Bonchev–Trinajstić information content (AvgIpc) is 2.37. The van der Waals surface area contributed by atoms with Gasteiger partial charge in [0.1, 0.15) is 11.4 Å². The fourth-order valence-electron chi connectivity index (χ4n) is 1.53. The van der Waals surface area contributed by atoms with Crippen molar-refractivity contribution in [1.82, 2.24) is 0 Å². The minimum atomic E-state index is -0.435. The highest BCUT2D eigenvalue weighted by molar-refractivity contribution is 7.99. The summed E-state index contributed by atoms with van der Waals surface area (Å²) in [6.07, 6.45) is 2.99. The number of rotatable bonds is 7. The van der Waals surface area contributed by atoms with Crippen molar-refractivity contribution in [2.75, 3.05) is 23.5 Å². The third-order valence-corrected chi connectivity index (χ3v) is 3.68. The van der Waals surface area contributed by atoms with E-state index in [0.29, 0.717) is 23.2 Å². The van der Waals surface area contributed by atoms with E-state index in [9.17, 15) is 10.1 Å². The van der Waals surface area contributed by atoms with E-state index < -0.39 is 4.92 Å². The maximum Gasteiger partial charge on any atom is 0.316 e. The Morgan fingerprint density at radius 2 is 2.17 bits per heavy atom. The molecule has 7 heteroatoms. The lowest BCUT2D eigenvalue weighted by molar-refractivity contribution is -0.383. The van der Waals surface area contributed by atoms with Gasteiger partial charge in [0, 0.05) is 11.8 Å². The van der Waals surface area contributed by atoms with E-state index in [-0.39, 0.29) is 5.69 Å². The normalized spacial score (nSPS) is 11.9. The van der Waals surface area contributed by atoms with Crippen molar-refractivity contribution >= 4 is 28.8 Å². The molecule has 0 radical (unpaired) electrons. The summed E-state index contributed by atoms with van der Waals surface area (Å²) in [6, 6.07) is 4.99. The molecular weight excluding hydrogens is 252 g/mol. The fraction of sp³-hybridized carbons (Fsp3) is 0.455. The Labute approximate surface area is 110 Å². The van der Waals surface area contributed by atoms with Crippen LogP contribution in [0.25, 0.3) is 0 Å². The van der Waals surface area contributed by atoms with Gasteiger partial charge in [0.05, 0.1) is 4.92 Å². The van der Waals surface area contributed by atoms with Crippen molar-refractivity contribution in [2.24, 2.45) is 5.84 Å². The third kappa shape index (κ3) is 3.78. The number of para-hydroxylation sites is 1. The molecule has 0 saturated carbocycles. The van der Waals surface area contributed by atoms with Crippen LogP contribution in [0.1, 0.15) is 13.3 Å². The number of nitrogens with two attached hydrogens (primary N) is 1. The molecular formula is C11H18N4O2S. The Morgan fingerprint density at radius 1 is 1.50 bits per heavy atom. The highest BCUT2D eigenvalue weighted by Crippen LogP contribution is 2.32. The summed E-state index contributed by atoms with van der Waals surface area (Å²) >= 11 is 1.77. The maximum absolute atomic E-state index is 11.0. The largest absolute Gasteiger partial charge is 0.379 e. The Hall–Kier alpha value is -1.47. The highest BCUT2D eigenvalue weighted by atomic mass is 32.2. The van der Waals surface area contributed by atoms with E-state index in [0.717, 1.165) is 6.42 Å². The highest BCUT2D eigenvalue weighted by Gasteiger charge is 2.18. The molecule has 0 bridgehead atoms. The van der Waals surface area contributed by atoms with Gasteiger partial charge in [-0.15, -0.1) is 0 Å². The number of nitrogens with one attached hydrogen (secondary N) is 2. The smallest absolute Gasteiger partial charge is 0.316 e. The minimum absolute atomic E-state index is 0.0168. The molecule has 6 nitrogen and oxygen atoms in total. The fourth-order valence-corrected chi connectivity index (χ4v) is 1.88. The minimum Gasteiger partial charge on any atom is -0.379 e. The first-order valence-corrected chi connectivity index (χ1v) is 6.89. The standard InChI is InChI=1S/C11H18N4O2S/c1-8(18-2)6-7-13-9-4-3-5-10(14-12)11(9)15(16)17/h3-5,8,13-14H,6-7,12H2,1-2H3. The topological polar surface area (TPSA) is 93.2 Å². The van der Waals surface area contributed by atoms with Crippen LogP contribution in [0, 0.1) is 10.1 Å². The van der Waals surface area contributed by atoms with Crippen LogP contribution in [0.5, 0.6) is 0 Å². The molecule has 0 heterocycles. The number of nitrogen functional groups attached to an aromatic ring is 1. The predicted molar refractivity (Wildman–Crippen MR) is 77.0 cm³/mol. The first kappa shape index (κ1) is 14.6. The molecule has 4 N–H and O–H groups in total. The summed E-state index contributed by atoms with van der Waals surface area (Å²) in [7, 11) is 0. The molecule has 0 aliphatic carbocycles. The van der Waals surface area contributed by atoms with Crippen LogP contribution in [0.4, 0.5) is 17.1 Å². The summed E-state index contributed by atoms with van der Waals surface area (Å²) in [4.78, 5) is 10.6. The van der Waals surface area contributed by atoms with Gasteiger partial charge < -0.3 is 10.7 Å². The summed E-state index contributed by atoms with van der Waals surface area (Å²) in [5, 5.41) is 14.6. The van der Waals surface area contributed by atoms with Crippen LogP contribution in [0.2, 0.25) is 0 Å². The SMILES string of the molecule is CSC(C)CCNc1cccc(NN)c1[N+](=O)[O-]. The molecule has 0 saturated heterocycles. The number of hydrogen-bond donors (Lipinski definition) is 3. The molecule has 0 fully saturated rings. The molecule has 0 aliphatic rings. The van der Waals surface area contributed by atoms with Crippen LogP contribution in [-0.4, -0.2) is 23.0 Å². The molecule has 0 spiro atoms. The Morgan fingerprint density at radius 3 is 2.72 bits per heavy atom. The van der Waals surface area contributed by atoms with Crippen LogP contribution in [0.3, 0.4) is 0 Å². The summed E-state index contributed by atoms with van der Waals surface area (Å²) in [5.41, 5.74) is 3.12. The van der Waals surface area contributed by atoms with Crippen molar-refractivity contribution < 1.29 is 4.92 Å². The lowest BCUT2D eigenvalue weighted by Gasteiger charge is -2.11. The Bertz CT molecular complexity index is 414. The van der Waals surface area contributed by atoms with Gasteiger partial charge in [-0.25, -0.2) is 0 Å². The second-order valence-electron chi connectivity index (χ2n) is 3.86. The van der Waals surface area contributed by atoms with Gasteiger partial charge in [-0.2, -0.15) is 11.8 Å². The van der Waals surface area contributed by atoms with Crippen molar-refractivity contribution in [1.29, 1.82) is 0 Å². The van der Waals surface area contributed by atoms with E-state index >= 15 is 0 Å². The number of nitro groups is 1. The number of anilines is 2. The summed E-state index contributed by atoms with van der Waals surface area (Å²) in [6.45, 7) is 2.81. The van der Waals surface area contributed by atoms with E-state index in [4.69, 9.17) is 5.84 Å². The van der Waals surface area contributed by atoms with Crippen molar-refractivity contribution in [2.45, 2.75) is 18.6 Å². The number of hydrazine groups is 1. The maximum atomic E-state index is 11.0. The quantitative estimate of drug-likeness (QED) is 0.400. The predicted octanol–water partition coefficient (Wildman–Crippen LogP) is 2.43.